The van der Waals surface area contributed by atoms with Crippen LogP contribution in [-0.2, 0) is 17.8 Å². The second kappa shape index (κ2) is 8.23. The van der Waals surface area contributed by atoms with E-state index in [0.717, 1.165) is 29.9 Å². The van der Waals surface area contributed by atoms with Crippen molar-refractivity contribution in [2.75, 3.05) is 13.2 Å². The van der Waals surface area contributed by atoms with Crippen LogP contribution in [0.2, 0.25) is 0 Å². The largest absolute Gasteiger partial charge is 0.493 e. The van der Waals surface area contributed by atoms with Crippen molar-refractivity contribution < 1.29 is 24.1 Å². The molecule has 2 aliphatic heterocycles. The molecule has 0 fully saturated rings. The standard InChI is InChI=1S/C27H26O5/c1-16-10-24-22(8-9-30-24)17(2)27(16)19-5-3-4-18(11-19)14-31-21-6-7-23-20(12-26(28)29)15-32-25(23)13-21/h3-7,10-11,13,20H,8-9,12,14-15H2,1-2H3,(H,28,29)/t20-/m1/s1. The monoisotopic (exact) mass is 430 g/mol. The molecule has 164 valence electrons. The Morgan fingerprint density at radius 3 is 2.81 bits per heavy atom. The van der Waals surface area contributed by atoms with Gasteiger partial charge in [0.1, 0.15) is 23.9 Å². The molecule has 5 heteroatoms. The van der Waals surface area contributed by atoms with Gasteiger partial charge >= 0.3 is 5.97 Å². The van der Waals surface area contributed by atoms with Gasteiger partial charge in [0.15, 0.2) is 0 Å². The first-order valence-corrected chi connectivity index (χ1v) is 11.0. The van der Waals surface area contributed by atoms with E-state index >= 15 is 0 Å². The third kappa shape index (κ3) is 3.79. The Hall–Kier alpha value is -3.47. The lowest BCUT2D eigenvalue weighted by molar-refractivity contribution is -0.137. The molecule has 0 saturated heterocycles. The SMILES string of the molecule is Cc1cc2c(c(C)c1-c1cccc(COc3ccc4c(c3)OC[C@H]4CC(=O)O)c1)CCO2. The Bertz CT molecular complexity index is 1200. The van der Waals surface area contributed by atoms with Crippen molar-refractivity contribution in [2.45, 2.75) is 39.2 Å². The summed E-state index contributed by atoms with van der Waals surface area (Å²) < 4.78 is 17.5. The molecule has 0 amide bonds. The van der Waals surface area contributed by atoms with Crippen molar-refractivity contribution in [2.24, 2.45) is 0 Å². The fourth-order valence-electron chi connectivity index (χ4n) is 4.84. The summed E-state index contributed by atoms with van der Waals surface area (Å²) in [6.45, 7) is 5.92. The van der Waals surface area contributed by atoms with Crippen molar-refractivity contribution in [1.82, 2.24) is 0 Å². The maximum atomic E-state index is 11.0. The molecule has 2 heterocycles. The van der Waals surface area contributed by atoms with Crippen LogP contribution in [0, 0.1) is 13.8 Å². The summed E-state index contributed by atoms with van der Waals surface area (Å²) in [5.41, 5.74) is 8.30. The smallest absolute Gasteiger partial charge is 0.304 e. The minimum Gasteiger partial charge on any atom is -0.493 e. The third-order valence-corrected chi connectivity index (χ3v) is 6.38. The summed E-state index contributed by atoms with van der Waals surface area (Å²) in [6, 6.07) is 16.3. The van der Waals surface area contributed by atoms with Crippen molar-refractivity contribution in [3.8, 4) is 28.4 Å². The predicted molar refractivity (Wildman–Crippen MR) is 122 cm³/mol. The fourth-order valence-corrected chi connectivity index (χ4v) is 4.84. The number of rotatable bonds is 6. The molecule has 3 aromatic carbocycles. The number of carbonyl (C=O) groups is 1. The Labute approximate surface area is 187 Å². The number of hydrogen-bond donors (Lipinski definition) is 1. The molecule has 0 radical (unpaired) electrons. The number of ether oxygens (including phenoxy) is 3. The van der Waals surface area contributed by atoms with E-state index in [1.54, 1.807) is 0 Å². The van der Waals surface area contributed by atoms with E-state index in [0.29, 0.717) is 24.7 Å². The van der Waals surface area contributed by atoms with E-state index in [9.17, 15) is 4.79 Å². The highest BCUT2D eigenvalue weighted by Gasteiger charge is 2.26. The van der Waals surface area contributed by atoms with Crippen LogP contribution in [-0.4, -0.2) is 24.3 Å². The zero-order valence-corrected chi connectivity index (χ0v) is 18.3. The van der Waals surface area contributed by atoms with Crippen molar-refractivity contribution in [3.63, 3.8) is 0 Å². The lowest BCUT2D eigenvalue weighted by Crippen LogP contribution is -2.07. The van der Waals surface area contributed by atoms with Gasteiger partial charge in [0.05, 0.1) is 19.6 Å². The molecular weight excluding hydrogens is 404 g/mol. The highest BCUT2D eigenvalue weighted by Crippen LogP contribution is 2.39. The zero-order chi connectivity index (χ0) is 22.2. The van der Waals surface area contributed by atoms with Gasteiger partial charge < -0.3 is 19.3 Å². The first kappa shape index (κ1) is 20.4. The van der Waals surface area contributed by atoms with Crippen LogP contribution in [0.1, 0.15) is 40.2 Å². The van der Waals surface area contributed by atoms with Gasteiger partial charge in [0.25, 0.3) is 0 Å². The average molecular weight is 431 g/mol. The van der Waals surface area contributed by atoms with E-state index in [2.05, 4.69) is 44.2 Å². The molecule has 1 atom stereocenters. The second-order valence-corrected chi connectivity index (χ2v) is 8.56. The van der Waals surface area contributed by atoms with E-state index in [1.165, 1.54) is 27.8 Å². The van der Waals surface area contributed by atoms with Crippen molar-refractivity contribution >= 4 is 5.97 Å². The number of carboxylic acids is 1. The van der Waals surface area contributed by atoms with Crippen LogP contribution in [0.4, 0.5) is 0 Å². The quantitative estimate of drug-likeness (QED) is 0.565. The van der Waals surface area contributed by atoms with Gasteiger partial charge in [-0.05, 0) is 59.9 Å². The number of benzene rings is 3. The summed E-state index contributed by atoms with van der Waals surface area (Å²) in [5, 5.41) is 9.06. The number of aryl methyl sites for hydroxylation is 1. The van der Waals surface area contributed by atoms with Crippen LogP contribution in [0.5, 0.6) is 17.2 Å². The molecule has 5 nitrogen and oxygen atoms in total. The Morgan fingerprint density at radius 2 is 1.97 bits per heavy atom. The van der Waals surface area contributed by atoms with E-state index in [-0.39, 0.29) is 12.3 Å². The number of hydrogen-bond acceptors (Lipinski definition) is 4. The van der Waals surface area contributed by atoms with Crippen molar-refractivity contribution in [3.05, 3.63) is 76.3 Å². The van der Waals surface area contributed by atoms with E-state index in [1.807, 2.05) is 18.2 Å². The van der Waals surface area contributed by atoms with Crippen LogP contribution in [0.25, 0.3) is 11.1 Å². The molecule has 0 unspecified atom stereocenters. The Morgan fingerprint density at radius 1 is 1.09 bits per heavy atom. The molecule has 0 aliphatic carbocycles. The van der Waals surface area contributed by atoms with E-state index in [4.69, 9.17) is 19.3 Å². The van der Waals surface area contributed by atoms with Gasteiger partial charge in [-0.15, -0.1) is 0 Å². The van der Waals surface area contributed by atoms with E-state index < -0.39 is 5.97 Å². The second-order valence-electron chi connectivity index (χ2n) is 8.56. The minimum absolute atomic E-state index is 0.0770. The molecule has 32 heavy (non-hydrogen) atoms. The first-order valence-electron chi connectivity index (χ1n) is 11.0. The number of aliphatic carboxylic acids is 1. The van der Waals surface area contributed by atoms with Gasteiger partial charge in [0, 0.05) is 29.5 Å². The number of fused-ring (bicyclic) bond motifs is 2. The maximum Gasteiger partial charge on any atom is 0.304 e. The third-order valence-electron chi connectivity index (χ3n) is 6.38. The van der Waals surface area contributed by atoms with Crippen LogP contribution < -0.4 is 14.2 Å². The molecule has 0 aromatic heterocycles. The predicted octanol–water partition coefficient (Wildman–Crippen LogP) is 5.44. The lowest BCUT2D eigenvalue weighted by Gasteiger charge is -2.15. The molecule has 5 rings (SSSR count). The molecule has 0 saturated carbocycles. The van der Waals surface area contributed by atoms with Crippen molar-refractivity contribution in [1.29, 1.82) is 0 Å². The van der Waals surface area contributed by atoms with Gasteiger partial charge in [-0.2, -0.15) is 0 Å². The summed E-state index contributed by atoms with van der Waals surface area (Å²) in [6.07, 6.45) is 1.04. The van der Waals surface area contributed by atoms with Crippen LogP contribution >= 0.6 is 0 Å². The molecule has 3 aromatic rings. The zero-order valence-electron chi connectivity index (χ0n) is 18.3. The minimum atomic E-state index is -0.812. The lowest BCUT2D eigenvalue weighted by atomic mass is 9.90. The summed E-state index contributed by atoms with van der Waals surface area (Å²) in [7, 11) is 0. The number of carboxylic acid groups (broad SMARTS) is 1. The molecule has 0 bridgehead atoms. The summed E-state index contributed by atoms with van der Waals surface area (Å²) in [4.78, 5) is 11.0. The fraction of sp³-hybridized carbons (Fsp3) is 0.296. The highest BCUT2D eigenvalue weighted by molar-refractivity contribution is 5.74. The van der Waals surface area contributed by atoms with Crippen LogP contribution in [0.3, 0.4) is 0 Å². The van der Waals surface area contributed by atoms with Crippen LogP contribution in [0.15, 0.2) is 48.5 Å². The van der Waals surface area contributed by atoms with Gasteiger partial charge in [0.2, 0.25) is 0 Å². The molecule has 1 N–H and O–H groups in total. The Balaban J connectivity index is 1.34. The van der Waals surface area contributed by atoms with Gasteiger partial charge in [-0.3, -0.25) is 4.79 Å². The molecule has 2 aliphatic rings. The topological polar surface area (TPSA) is 65.0 Å². The van der Waals surface area contributed by atoms with Gasteiger partial charge in [-0.1, -0.05) is 24.3 Å². The molecular formula is C27H26O5. The molecule has 0 spiro atoms. The Kier molecular flexibility index (Phi) is 5.25. The average Bonchev–Trinajstić information content (AvgIpc) is 3.39. The highest BCUT2D eigenvalue weighted by atomic mass is 16.5. The normalized spacial score (nSPS) is 16.1. The summed E-state index contributed by atoms with van der Waals surface area (Å²) >= 11 is 0. The maximum absolute atomic E-state index is 11.0. The van der Waals surface area contributed by atoms with Gasteiger partial charge in [-0.25, -0.2) is 0 Å². The first-order chi connectivity index (χ1) is 15.5. The summed E-state index contributed by atoms with van der Waals surface area (Å²) in [5.74, 6) is 1.54.